The van der Waals surface area contributed by atoms with E-state index >= 15 is 0 Å². The topological polar surface area (TPSA) is 69.2 Å². The van der Waals surface area contributed by atoms with Crippen molar-refractivity contribution in [3.8, 4) is 17.2 Å². The van der Waals surface area contributed by atoms with Crippen LogP contribution in [0.2, 0.25) is 0 Å². The van der Waals surface area contributed by atoms with Gasteiger partial charge >= 0.3 is 0 Å². The van der Waals surface area contributed by atoms with E-state index in [1.54, 1.807) is 31.5 Å². The summed E-state index contributed by atoms with van der Waals surface area (Å²) in [6, 6.07) is 12.5. The Kier molecular flexibility index (Phi) is 7.49. The molecule has 0 atom stereocenters. The smallest absolute Gasteiger partial charge is 0.271 e. The standard InChI is InChI=1S/C20H24N2O4/c1-4-11-26-18-10-9-16(13-19(18)24-3)20(23)22-21-14-15-7-6-8-17(12-15)25-5-2/h6-10,12-14H,4-5,11H2,1-3H3,(H,22,23)/b21-14+. The van der Waals surface area contributed by atoms with Crippen molar-refractivity contribution < 1.29 is 19.0 Å². The van der Waals surface area contributed by atoms with Crippen molar-refractivity contribution in [1.29, 1.82) is 0 Å². The van der Waals surface area contributed by atoms with Gasteiger partial charge in [0.1, 0.15) is 5.75 Å². The lowest BCUT2D eigenvalue weighted by atomic mass is 10.2. The molecule has 0 aliphatic rings. The summed E-state index contributed by atoms with van der Waals surface area (Å²) in [5.41, 5.74) is 3.77. The first kappa shape index (κ1) is 19.3. The number of carbonyl (C=O) groups is 1. The largest absolute Gasteiger partial charge is 0.494 e. The molecule has 0 aliphatic carbocycles. The summed E-state index contributed by atoms with van der Waals surface area (Å²) in [5, 5.41) is 3.99. The number of benzene rings is 2. The van der Waals surface area contributed by atoms with Gasteiger partial charge in [0.25, 0.3) is 5.91 Å². The number of nitrogens with zero attached hydrogens (tertiary/aromatic N) is 1. The third-order valence-corrected chi connectivity index (χ3v) is 3.44. The molecule has 1 amide bonds. The molecule has 2 rings (SSSR count). The highest BCUT2D eigenvalue weighted by atomic mass is 16.5. The maximum Gasteiger partial charge on any atom is 0.271 e. The normalized spacial score (nSPS) is 10.6. The Balaban J connectivity index is 2.02. The SMILES string of the molecule is CCCOc1ccc(C(=O)N/N=C/c2cccc(OCC)c2)cc1OC. The molecule has 0 saturated heterocycles. The van der Waals surface area contributed by atoms with Crippen LogP contribution in [0.4, 0.5) is 0 Å². The molecule has 0 spiro atoms. The summed E-state index contributed by atoms with van der Waals surface area (Å²) >= 11 is 0. The van der Waals surface area contributed by atoms with Crippen LogP contribution in [0.15, 0.2) is 47.6 Å². The van der Waals surface area contributed by atoms with E-state index in [4.69, 9.17) is 14.2 Å². The summed E-state index contributed by atoms with van der Waals surface area (Å²) in [5.74, 6) is 1.55. The van der Waals surface area contributed by atoms with Crippen LogP contribution in [0.5, 0.6) is 17.2 Å². The highest BCUT2D eigenvalue weighted by Gasteiger charge is 2.10. The fourth-order valence-electron chi connectivity index (χ4n) is 2.22. The molecule has 0 unspecified atom stereocenters. The Bertz CT molecular complexity index is 759. The molecule has 2 aromatic rings. The van der Waals surface area contributed by atoms with Crippen LogP contribution in [0.25, 0.3) is 0 Å². The summed E-state index contributed by atoms with van der Waals surface area (Å²) in [7, 11) is 1.54. The number of methoxy groups -OCH3 is 1. The van der Waals surface area contributed by atoms with E-state index in [-0.39, 0.29) is 5.91 Å². The number of amides is 1. The molecule has 1 N–H and O–H groups in total. The second kappa shape index (κ2) is 10.1. The van der Waals surface area contributed by atoms with Gasteiger partial charge in [0.2, 0.25) is 0 Å². The quantitative estimate of drug-likeness (QED) is 0.550. The molecule has 6 heteroatoms. The summed E-state index contributed by atoms with van der Waals surface area (Å²) in [6.07, 6.45) is 2.46. The Hall–Kier alpha value is -3.02. The first-order valence-electron chi connectivity index (χ1n) is 8.55. The number of hydrazone groups is 1. The molecule has 0 bridgehead atoms. The number of hydrogen-bond donors (Lipinski definition) is 1. The summed E-state index contributed by atoms with van der Waals surface area (Å²) < 4.78 is 16.3. The number of rotatable bonds is 9. The van der Waals surface area contributed by atoms with Crippen molar-refractivity contribution in [2.75, 3.05) is 20.3 Å². The highest BCUT2D eigenvalue weighted by molar-refractivity contribution is 5.95. The molecular formula is C20H24N2O4. The molecule has 0 aromatic heterocycles. The zero-order valence-electron chi connectivity index (χ0n) is 15.3. The first-order chi connectivity index (χ1) is 12.7. The zero-order valence-corrected chi connectivity index (χ0v) is 15.3. The summed E-state index contributed by atoms with van der Waals surface area (Å²) in [4.78, 5) is 12.3. The van der Waals surface area contributed by atoms with E-state index in [9.17, 15) is 4.79 Å². The first-order valence-corrected chi connectivity index (χ1v) is 8.55. The van der Waals surface area contributed by atoms with Gasteiger partial charge in [-0.3, -0.25) is 4.79 Å². The van der Waals surface area contributed by atoms with Gasteiger partial charge in [-0.2, -0.15) is 5.10 Å². The van der Waals surface area contributed by atoms with Crippen LogP contribution in [-0.2, 0) is 0 Å². The van der Waals surface area contributed by atoms with E-state index in [2.05, 4.69) is 10.5 Å². The molecule has 26 heavy (non-hydrogen) atoms. The molecule has 6 nitrogen and oxygen atoms in total. The van der Waals surface area contributed by atoms with Crippen LogP contribution in [0, 0.1) is 0 Å². The fraction of sp³-hybridized carbons (Fsp3) is 0.300. The van der Waals surface area contributed by atoms with Gasteiger partial charge in [-0.15, -0.1) is 0 Å². The Morgan fingerprint density at radius 1 is 1.12 bits per heavy atom. The Morgan fingerprint density at radius 3 is 2.69 bits per heavy atom. The molecule has 0 radical (unpaired) electrons. The van der Waals surface area contributed by atoms with Crippen molar-refractivity contribution in [3.05, 3.63) is 53.6 Å². The molecule has 0 heterocycles. The van der Waals surface area contributed by atoms with Gasteiger partial charge in [0.05, 0.1) is 26.5 Å². The van der Waals surface area contributed by atoms with E-state index < -0.39 is 0 Å². The maximum absolute atomic E-state index is 12.3. The van der Waals surface area contributed by atoms with Gasteiger partial charge in [-0.05, 0) is 49.2 Å². The second-order valence-electron chi connectivity index (χ2n) is 5.42. The van der Waals surface area contributed by atoms with Crippen LogP contribution >= 0.6 is 0 Å². The van der Waals surface area contributed by atoms with E-state index in [1.165, 1.54) is 0 Å². The van der Waals surface area contributed by atoms with Crippen LogP contribution in [0.3, 0.4) is 0 Å². The van der Waals surface area contributed by atoms with Gasteiger partial charge in [0.15, 0.2) is 11.5 Å². The molecule has 0 aliphatic heterocycles. The summed E-state index contributed by atoms with van der Waals surface area (Å²) in [6.45, 7) is 5.13. The minimum absolute atomic E-state index is 0.331. The lowest BCUT2D eigenvalue weighted by molar-refractivity contribution is 0.0954. The molecule has 2 aromatic carbocycles. The minimum atomic E-state index is -0.331. The highest BCUT2D eigenvalue weighted by Crippen LogP contribution is 2.28. The average molecular weight is 356 g/mol. The third kappa shape index (κ3) is 5.51. The van der Waals surface area contributed by atoms with Crippen molar-refractivity contribution in [2.45, 2.75) is 20.3 Å². The van der Waals surface area contributed by atoms with Crippen LogP contribution in [-0.4, -0.2) is 32.4 Å². The number of hydrogen-bond acceptors (Lipinski definition) is 5. The fourth-order valence-corrected chi connectivity index (χ4v) is 2.22. The van der Waals surface area contributed by atoms with Gasteiger partial charge in [-0.1, -0.05) is 19.1 Å². The predicted octanol–water partition coefficient (Wildman–Crippen LogP) is 3.65. The van der Waals surface area contributed by atoms with Gasteiger partial charge in [0, 0.05) is 5.56 Å². The van der Waals surface area contributed by atoms with Crippen molar-refractivity contribution in [2.24, 2.45) is 5.10 Å². The second-order valence-corrected chi connectivity index (χ2v) is 5.42. The Labute approximate surface area is 153 Å². The lowest BCUT2D eigenvalue weighted by Crippen LogP contribution is -2.17. The molecule has 138 valence electrons. The monoisotopic (exact) mass is 356 g/mol. The number of carbonyl (C=O) groups excluding carboxylic acids is 1. The average Bonchev–Trinajstić information content (AvgIpc) is 2.66. The van der Waals surface area contributed by atoms with E-state index in [0.29, 0.717) is 30.3 Å². The Morgan fingerprint density at radius 2 is 1.96 bits per heavy atom. The van der Waals surface area contributed by atoms with E-state index in [0.717, 1.165) is 17.7 Å². The lowest BCUT2D eigenvalue weighted by Gasteiger charge is -2.11. The van der Waals surface area contributed by atoms with E-state index in [1.807, 2.05) is 38.1 Å². The van der Waals surface area contributed by atoms with Crippen LogP contribution < -0.4 is 19.6 Å². The number of nitrogens with one attached hydrogen (secondary N) is 1. The van der Waals surface area contributed by atoms with Crippen molar-refractivity contribution >= 4 is 12.1 Å². The van der Waals surface area contributed by atoms with Crippen molar-refractivity contribution in [1.82, 2.24) is 5.43 Å². The zero-order chi connectivity index (χ0) is 18.8. The molecule has 0 fully saturated rings. The minimum Gasteiger partial charge on any atom is -0.494 e. The third-order valence-electron chi connectivity index (χ3n) is 3.44. The maximum atomic E-state index is 12.3. The van der Waals surface area contributed by atoms with Crippen molar-refractivity contribution in [3.63, 3.8) is 0 Å². The van der Waals surface area contributed by atoms with Crippen LogP contribution in [0.1, 0.15) is 36.2 Å². The van der Waals surface area contributed by atoms with Gasteiger partial charge in [-0.25, -0.2) is 5.43 Å². The predicted molar refractivity (Wildman–Crippen MR) is 101 cm³/mol. The number of ether oxygens (including phenoxy) is 3. The van der Waals surface area contributed by atoms with Gasteiger partial charge < -0.3 is 14.2 Å². The molecular weight excluding hydrogens is 332 g/mol. The molecule has 0 saturated carbocycles.